The van der Waals surface area contributed by atoms with E-state index in [0.717, 1.165) is 24.3 Å². The Hall–Kier alpha value is -3.55. The SMILES string of the molecule is O=c1c(O[C@H]2O[C@@H](CO)[C@@H](O)[C@@H](O)[C@H]2O)c(-c2ccc(O)c(O)c2)oc2cc(O)cc(O)c12. The third kappa shape index (κ3) is 3.90. The molecule has 33 heavy (non-hydrogen) atoms. The van der Waals surface area contributed by atoms with Gasteiger partial charge in [0.05, 0.1) is 6.61 Å². The van der Waals surface area contributed by atoms with Gasteiger partial charge in [-0.15, -0.1) is 0 Å². The molecule has 1 fully saturated rings. The van der Waals surface area contributed by atoms with Crippen LogP contribution in [0.1, 0.15) is 0 Å². The largest absolute Gasteiger partial charge is 0.508 e. The van der Waals surface area contributed by atoms with Gasteiger partial charge in [0.15, 0.2) is 17.3 Å². The highest BCUT2D eigenvalue weighted by atomic mass is 16.7. The van der Waals surface area contributed by atoms with Crippen molar-refractivity contribution >= 4 is 11.0 Å². The number of aliphatic hydroxyl groups excluding tert-OH is 4. The summed E-state index contributed by atoms with van der Waals surface area (Å²) >= 11 is 0. The van der Waals surface area contributed by atoms with Gasteiger partial charge >= 0.3 is 0 Å². The fourth-order valence-corrected chi connectivity index (χ4v) is 3.51. The molecule has 2 heterocycles. The standard InChI is InChI=1S/C21H20O12/c22-6-13-15(27)17(29)18(30)21(32-13)33-20-16(28)14-11(26)4-8(23)5-12(14)31-19(20)7-1-2-9(24)10(25)3-7/h1-5,13,15,17-18,21-27,29-30H,6H2/t13-,15+,17+,18+,21+/m0/s1. The number of hydrogen-bond acceptors (Lipinski definition) is 12. The molecule has 12 heteroatoms. The minimum atomic E-state index is -1.85. The van der Waals surface area contributed by atoms with Gasteiger partial charge in [0, 0.05) is 17.7 Å². The number of benzene rings is 2. The molecular formula is C21H20O12. The van der Waals surface area contributed by atoms with Crippen LogP contribution in [0, 0.1) is 0 Å². The molecule has 0 radical (unpaired) electrons. The van der Waals surface area contributed by atoms with Gasteiger partial charge in [0.25, 0.3) is 0 Å². The first-order valence-corrected chi connectivity index (χ1v) is 9.64. The monoisotopic (exact) mass is 464 g/mol. The van der Waals surface area contributed by atoms with Crippen LogP contribution in [0.15, 0.2) is 39.5 Å². The second-order valence-electron chi connectivity index (χ2n) is 7.45. The normalized spacial score (nSPS) is 25.3. The number of phenols is 4. The Morgan fingerprint density at radius 2 is 1.61 bits per heavy atom. The van der Waals surface area contributed by atoms with Gasteiger partial charge in [-0.3, -0.25) is 4.79 Å². The molecule has 2 aromatic carbocycles. The van der Waals surface area contributed by atoms with Crippen molar-refractivity contribution in [3.8, 4) is 40.1 Å². The van der Waals surface area contributed by atoms with Crippen molar-refractivity contribution in [3.05, 3.63) is 40.6 Å². The Bertz CT molecular complexity index is 1250. The second-order valence-corrected chi connectivity index (χ2v) is 7.45. The number of aliphatic hydroxyl groups is 4. The molecule has 176 valence electrons. The first-order chi connectivity index (χ1) is 15.6. The molecule has 12 nitrogen and oxygen atoms in total. The van der Waals surface area contributed by atoms with E-state index >= 15 is 0 Å². The Kier molecular flexibility index (Phi) is 5.78. The number of ether oxygens (including phenoxy) is 2. The van der Waals surface area contributed by atoms with Gasteiger partial charge in [-0.05, 0) is 18.2 Å². The maximum atomic E-state index is 13.2. The van der Waals surface area contributed by atoms with Crippen LogP contribution in [0.25, 0.3) is 22.3 Å². The number of aromatic hydroxyl groups is 4. The van der Waals surface area contributed by atoms with Crippen molar-refractivity contribution in [3.63, 3.8) is 0 Å². The van der Waals surface area contributed by atoms with E-state index in [1.165, 1.54) is 6.07 Å². The zero-order chi connectivity index (χ0) is 24.0. The van der Waals surface area contributed by atoms with Crippen LogP contribution >= 0.6 is 0 Å². The van der Waals surface area contributed by atoms with Crippen LogP contribution in [-0.4, -0.2) is 78.2 Å². The second kappa shape index (κ2) is 8.42. The van der Waals surface area contributed by atoms with Gasteiger partial charge in [-0.1, -0.05) is 0 Å². The Morgan fingerprint density at radius 1 is 0.879 bits per heavy atom. The summed E-state index contributed by atoms with van der Waals surface area (Å²) in [6, 6.07) is 5.36. The lowest BCUT2D eigenvalue weighted by molar-refractivity contribution is -0.277. The van der Waals surface area contributed by atoms with Crippen LogP contribution in [0.2, 0.25) is 0 Å². The number of phenolic OH excluding ortho intramolecular Hbond substituents is 4. The molecule has 0 unspecified atom stereocenters. The summed E-state index contributed by atoms with van der Waals surface area (Å²) in [5.74, 6) is -3.05. The zero-order valence-electron chi connectivity index (χ0n) is 16.7. The van der Waals surface area contributed by atoms with Crippen LogP contribution in [0.5, 0.6) is 28.7 Å². The van der Waals surface area contributed by atoms with Crippen molar-refractivity contribution < 1.29 is 54.7 Å². The first kappa shape index (κ1) is 22.6. The smallest absolute Gasteiger partial charge is 0.239 e. The highest BCUT2D eigenvalue weighted by Gasteiger charge is 2.45. The molecule has 0 saturated carbocycles. The van der Waals surface area contributed by atoms with Crippen molar-refractivity contribution in [2.75, 3.05) is 6.61 Å². The predicted octanol–water partition coefficient (Wildman–Crippen LogP) is -0.539. The zero-order valence-corrected chi connectivity index (χ0v) is 16.7. The van der Waals surface area contributed by atoms with Gasteiger partial charge < -0.3 is 54.7 Å². The average molecular weight is 464 g/mol. The lowest BCUT2D eigenvalue weighted by Gasteiger charge is -2.39. The Labute approximate surface area is 184 Å². The molecule has 3 aromatic rings. The third-order valence-corrected chi connectivity index (χ3v) is 5.24. The molecule has 0 amide bonds. The lowest BCUT2D eigenvalue weighted by atomic mass is 9.99. The highest BCUT2D eigenvalue weighted by Crippen LogP contribution is 2.39. The summed E-state index contributed by atoms with van der Waals surface area (Å²) in [6.45, 7) is -0.740. The van der Waals surface area contributed by atoms with E-state index in [1.807, 2.05) is 0 Å². The highest BCUT2D eigenvalue weighted by molar-refractivity contribution is 5.88. The third-order valence-electron chi connectivity index (χ3n) is 5.24. The summed E-state index contributed by atoms with van der Waals surface area (Å²) in [5.41, 5.74) is -1.19. The molecule has 0 aliphatic carbocycles. The van der Waals surface area contributed by atoms with E-state index in [-0.39, 0.29) is 22.3 Å². The minimum Gasteiger partial charge on any atom is -0.508 e. The van der Waals surface area contributed by atoms with Gasteiger partial charge in [0.1, 0.15) is 46.9 Å². The molecule has 1 aliphatic rings. The predicted molar refractivity (Wildman–Crippen MR) is 109 cm³/mol. The molecular weight excluding hydrogens is 444 g/mol. The van der Waals surface area contributed by atoms with E-state index in [2.05, 4.69) is 0 Å². The molecule has 5 atom stereocenters. The van der Waals surface area contributed by atoms with E-state index in [9.17, 15) is 45.6 Å². The maximum Gasteiger partial charge on any atom is 0.239 e. The van der Waals surface area contributed by atoms with Crippen LogP contribution in [0.3, 0.4) is 0 Å². The topological polar surface area (TPSA) is 211 Å². The van der Waals surface area contributed by atoms with Gasteiger partial charge in [-0.2, -0.15) is 0 Å². The quantitative estimate of drug-likeness (QED) is 0.229. The van der Waals surface area contributed by atoms with Crippen LogP contribution in [-0.2, 0) is 4.74 Å². The molecule has 8 N–H and O–H groups in total. The van der Waals surface area contributed by atoms with Crippen molar-refractivity contribution in [1.29, 1.82) is 0 Å². The number of rotatable bonds is 4. The average Bonchev–Trinajstić information content (AvgIpc) is 2.76. The fraction of sp³-hybridized carbons (Fsp3) is 0.286. The van der Waals surface area contributed by atoms with E-state index in [4.69, 9.17) is 13.9 Å². The summed E-state index contributed by atoms with van der Waals surface area (Å²) in [5, 5.41) is 78.7. The summed E-state index contributed by atoms with van der Waals surface area (Å²) in [6.07, 6.45) is -8.40. The summed E-state index contributed by atoms with van der Waals surface area (Å²) < 4.78 is 16.5. The van der Waals surface area contributed by atoms with Crippen molar-refractivity contribution in [2.24, 2.45) is 0 Å². The van der Waals surface area contributed by atoms with E-state index < -0.39 is 71.5 Å². The van der Waals surface area contributed by atoms with Crippen LogP contribution < -0.4 is 10.2 Å². The fourth-order valence-electron chi connectivity index (χ4n) is 3.51. The van der Waals surface area contributed by atoms with Gasteiger partial charge in [-0.25, -0.2) is 0 Å². The van der Waals surface area contributed by atoms with Crippen LogP contribution in [0.4, 0.5) is 0 Å². The van der Waals surface area contributed by atoms with E-state index in [1.54, 1.807) is 0 Å². The number of hydrogen-bond donors (Lipinski definition) is 8. The van der Waals surface area contributed by atoms with E-state index in [0.29, 0.717) is 0 Å². The maximum absolute atomic E-state index is 13.2. The Balaban J connectivity index is 1.91. The molecule has 0 bridgehead atoms. The molecule has 1 aromatic heterocycles. The summed E-state index contributed by atoms with van der Waals surface area (Å²) in [7, 11) is 0. The van der Waals surface area contributed by atoms with Crippen molar-refractivity contribution in [2.45, 2.75) is 30.7 Å². The summed E-state index contributed by atoms with van der Waals surface area (Å²) in [4.78, 5) is 13.2. The van der Waals surface area contributed by atoms with Crippen molar-refractivity contribution in [1.82, 2.24) is 0 Å². The minimum absolute atomic E-state index is 0.0201. The molecule has 0 spiro atoms. The first-order valence-electron chi connectivity index (χ1n) is 9.64. The lowest BCUT2D eigenvalue weighted by Crippen LogP contribution is -2.60. The number of fused-ring (bicyclic) bond motifs is 1. The van der Waals surface area contributed by atoms with Gasteiger partial charge in [0.2, 0.25) is 17.5 Å². The molecule has 1 aliphatic heterocycles. The molecule has 1 saturated heterocycles. The Morgan fingerprint density at radius 3 is 2.27 bits per heavy atom. The molecule has 4 rings (SSSR count).